The number of carbonyl (C=O) groups excluding carboxylic acids is 1. The van der Waals surface area contributed by atoms with Crippen LogP contribution in [0, 0.1) is 0 Å². The van der Waals surface area contributed by atoms with Gasteiger partial charge in [0.1, 0.15) is 0 Å². The number of anilines is 1. The van der Waals surface area contributed by atoms with Gasteiger partial charge in [-0.2, -0.15) is 0 Å². The van der Waals surface area contributed by atoms with Gasteiger partial charge in [0.2, 0.25) is 0 Å². The van der Waals surface area contributed by atoms with Crippen molar-refractivity contribution in [2.24, 2.45) is 0 Å². The smallest absolute Gasteiger partial charge is 0.254 e. The van der Waals surface area contributed by atoms with E-state index in [4.69, 9.17) is 5.73 Å². The van der Waals surface area contributed by atoms with E-state index >= 15 is 0 Å². The lowest BCUT2D eigenvalue weighted by Gasteiger charge is -2.29. The maximum atomic E-state index is 12.2. The summed E-state index contributed by atoms with van der Waals surface area (Å²) in [7, 11) is 4.03. The van der Waals surface area contributed by atoms with Crippen LogP contribution in [-0.4, -0.2) is 49.4 Å². The Morgan fingerprint density at radius 1 is 1.41 bits per heavy atom. The van der Waals surface area contributed by atoms with Gasteiger partial charge in [0.15, 0.2) is 0 Å². The minimum absolute atomic E-state index is 0.111. The van der Waals surface area contributed by atoms with Gasteiger partial charge in [0, 0.05) is 30.9 Å². The van der Waals surface area contributed by atoms with Gasteiger partial charge in [-0.15, -0.1) is 0 Å². The molecule has 2 rings (SSSR count). The van der Waals surface area contributed by atoms with E-state index in [-0.39, 0.29) is 5.91 Å². The summed E-state index contributed by atoms with van der Waals surface area (Å²) >= 11 is 0. The van der Waals surface area contributed by atoms with E-state index in [1.54, 1.807) is 6.07 Å². The van der Waals surface area contributed by atoms with Crippen LogP contribution in [0.3, 0.4) is 0 Å². The van der Waals surface area contributed by atoms with Crippen LogP contribution < -0.4 is 5.73 Å². The van der Waals surface area contributed by atoms with Gasteiger partial charge < -0.3 is 15.5 Å². The normalized spacial score (nSPS) is 15.2. The van der Waals surface area contributed by atoms with Crippen LogP contribution in [0.25, 0.3) is 0 Å². The van der Waals surface area contributed by atoms with Crippen molar-refractivity contribution in [3.63, 3.8) is 0 Å². The molecule has 0 aliphatic carbocycles. The van der Waals surface area contributed by atoms with Crippen molar-refractivity contribution < 1.29 is 4.79 Å². The second-order valence-electron chi connectivity index (χ2n) is 4.76. The molecule has 0 bridgehead atoms. The number of benzene rings is 1. The van der Waals surface area contributed by atoms with Crippen LogP contribution in [-0.2, 0) is 6.42 Å². The summed E-state index contributed by atoms with van der Waals surface area (Å²) in [6.45, 7) is 2.48. The van der Waals surface area contributed by atoms with Crippen LogP contribution in [0.2, 0.25) is 0 Å². The fourth-order valence-corrected chi connectivity index (χ4v) is 2.07. The monoisotopic (exact) mass is 233 g/mol. The van der Waals surface area contributed by atoms with Crippen molar-refractivity contribution in [2.45, 2.75) is 6.42 Å². The fraction of sp³-hybridized carbons (Fsp3) is 0.462. The summed E-state index contributed by atoms with van der Waals surface area (Å²) in [4.78, 5) is 16.2. The minimum Gasteiger partial charge on any atom is -0.399 e. The van der Waals surface area contributed by atoms with E-state index in [0.717, 1.165) is 37.2 Å². The van der Waals surface area contributed by atoms with Gasteiger partial charge in [0.05, 0.1) is 0 Å². The first kappa shape index (κ1) is 11.9. The third kappa shape index (κ3) is 2.58. The molecular weight excluding hydrogens is 214 g/mol. The molecule has 1 aliphatic heterocycles. The first-order chi connectivity index (χ1) is 8.08. The third-order valence-corrected chi connectivity index (χ3v) is 3.12. The second-order valence-corrected chi connectivity index (χ2v) is 4.76. The first-order valence-corrected chi connectivity index (χ1v) is 5.90. The van der Waals surface area contributed by atoms with E-state index in [0.29, 0.717) is 5.69 Å². The predicted molar refractivity (Wildman–Crippen MR) is 69.0 cm³/mol. The second kappa shape index (κ2) is 4.75. The number of carbonyl (C=O) groups is 1. The molecule has 0 aromatic heterocycles. The van der Waals surface area contributed by atoms with Gasteiger partial charge in [-0.1, -0.05) is 6.07 Å². The van der Waals surface area contributed by atoms with Crippen LogP contribution >= 0.6 is 0 Å². The fourth-order valence-electron chi connectivity index (χ4n) is 2.07. The number of nitrogen functional groups attached to an aromatic ring is 1. The maximum Gasteiger partial charge on any atom is 0.254 e. The molecule has 1 aliphatic rings. The third-order valence-electron chi connectivity index (χ3n) is 3.12. The summed E-state index contributed by atoms with van der Waals surface area (Å²) in [5.74, 6) is 0.111. The summed E-state index contributed by atoms with van der Waals surface area (Å²) in [5, 5.41) is 0. The van der Waals surface area contributed by atoms with E-state index in [9.17, 15) is 4.79 Å². The van der Waals surface area contributed by atoms with Crippen LogP contribution in [0.5, 0.6) is 0 Å². The van der Waals surface area contributed by atoms with Gasteiger partial charge in [-0.05, 0) is 38.2 Å². The topological polar surface area (TPSA) is 49.6 Å². The molecule has 4 nitrogen and oxygen atoms in total. The standard InChI is InChI=1S/C13H19N3O/c1-15(2)7-8-16-6-5-10-3-4-11(14)9-12(10)13(16)17/h3-4,9H,5-8,14H2,1-2H3. The van der Waals surface area contributed by atoms with Gasteiger partial charge in [-0.3, -0.25) is 4.79 Å². The molecule has 4 heteroatoms. The van der Waals surface area contributed by atoms with E-state index in [1.807, 2.05) is 31.1 Å². The largest absolute Gasteiger partial charge is 0.399 e. The average molecular weight is 233 g/mol. The van der Waals surface area contributed by atoms with Crippen molar-refractivity contribution in [1.82, 2.24) is 9.80 Å². The molecule has 0 atom stereocenters. The summed E-state index contributed by atoms with van der Waals surface area (Å²) in [6.07, 6.45) is 0.925. The molecule has 0 spiro atoms. The molecule has 0 saturated heterocycles. The molecular formula is C13H19N3O. The number of nitrogens with two attached hydrogens (primary N) is 1. The lowest BCUT2D eigenvalue weighted by atomic mass is 9.98. The number of hydrogen-bond donors (Lipinski definition) is 1. The van der Waals surface area contributed by atoms with Crippen molar-refractivity contribution in [2.75, 3.05) is 39.5 Å². The van der Waals surface area contributed by atoms with E-state index < -0.39 is 0 Å². The number of amides is 1. The molecule has 1 amide bonds. The summed E-state index contributed by atoms with van der Waals surface area (Å²) in [6, 6.07) is 5.62. The molecule has 2 N–H and O–H groups in total. The Balaban J connectivity index is 2.15. The molecule has 1 heterocycles. The molecule has 1 aromatic carbocycles. The zero-order valence-corrected chi connectivity index (χ0v) is 10.4. The SMILES string of the molecule is CN(C)CCN1CCc2ccc(N)cc2C1=O. The van der Waals surface area contributed by atoms with Crippen LogP contribution in [0.15, 0.2) is 18.2 Å². The van der Waals surface area contributed by atoms with Crippen molar-refractivity contribution in [3.05, 3.63) is 29.3 Å². The number of hydrogen-bond acceptors (Lipinski definition) is 3. The predicted octanol–water partition coefficient (Wildman–Crippen LogP) is 0.829. The van der Waals surface area contributed by atoms with Crippen molar-refractivity contribution in [1.29, 1.82) is 0 Å². The molecule has 17 heavy (non-hydrogen) atoms. The number of nitrogens with zero attached hydrogens (tertiary/aromatic N) is 2. The highest BCUT2D eigenvalue weighted by Gasteiger charge is 2.23. The number of fused-ring (bicyclic) bond motifs is 1. The zero-order chi connectivity index (χ0) is 12.4. The van der Waals surface area contributed by atoms with E-state index in [1.165, 1.54) is 0 Å². The van der Waals surface area contributed by atoms with Crippen molar-refractivity contribution in [3.8, 4) is 0 Å². The Hall–Kier alpha value is -1.55. The lowest BCUT2D eigenvalue weighted by Crippen LogP contribution is -2.41. The molecule has 1 aromatic rings. The Bertz CT molecular complexity index is 429. The highest BCUT2D eigenvalue weighted by Crippen LogP contribution is 2.21. The Morgan fingerprint density at radius 3 is 2.88 bits per heavy atom. The Kier molecular flexibility index (Phi) is 3.33. The number of rotatable bonds is 3. The number of likely N-dealkylation sites (N-methyl/N-ethyl adjacent to an activating group) is 1. The highest BCUT2D eigenvalue weighted by atomic mass is 16.2. The summed E-state index contributed by atoms with van der Waals surface area (Å²) < 4.78 is 0. The first-order valence-electron chi connectivity index (χ1n) is 5.90. The lowest BCUT2D eigenvalue weighted by molar-refractivity contribution is 0.0729. The maximum absolute atomic E-state index is 12.2. The van der Waals surface area contributed by atoms with Crippen molar-refractivity contribution >= 4 is 11.6 Å². The summed E-state index contributed by atoms with van der Waals surface area (Å²) in [5.41, 5.74) is 8.28. The molecule has 92 valence electrons. The molecule has 0 saturated carbocycles. The average Bonchev–Trinajstić information content (AvgIpc) is 2.29. The quantitative estimate of drug-likeness (QED) is 0.787. The molecule has 0 unspecified atom stereocenters. The zero-order valence-electron chi connectivity index (χ0n) is 10.4. The van der Waals surface area contributed by atoms with Gasteiger partial charge >= 0.3 is 0 Å². The van der Waals surface area contributed by atoms with Crippen LogP contribution in [0.1, 0.15) is 15.9 Å². The molecule has 0 fully saturated rings. The molecule has 0 radical (unpaired) electrons. The van der Waals surface area contributed by atoms with E-state index in [2.05, 4.69) is 4.90 Å². The van der Waals surface area contributed by atoms with Crippen LogP contribution in [0.4, 0.5) is 5.69 Å². The minimum atomic E-state index is 0.111. The Labute approximate surface area is 102 Å². The van der Waals surface area contributed by atoms with Gasteiger partial charge in [-0.25, -0.2) is 0 Å². The van der Waals surface area contributed by atoms with Gasteiger partial charge in [0.25, 0.3) is 5.91 Å². The Morgan fingerprint density at radius 2 is 2.18 bits per heavy atom. The highest BCUT2D eigenvalue weighted by molar-refractivity contribution is 5.97.